The molecule has 1 aliphatic heterocycles. The Bertz CT molecular complexity index is 1680. The molecular formula is C27H31N11O6. The molecule has 44 heavy (non-hydrogen) atoms. The maximum atomic E-state index is 13.2. The Morgan fingerprint density at radius 3 is 2.68 bits per heavy atom. The zero-order valence-electron chi connectivity index (χ0n) is 24.3. The average molecular weight is 606 g/mol. The minimum Gasteiger partial charge on any atom is -0.496 e. The molecule has 0 aliphatic carbocycles. The highest BCUT2D eigenvalue weighted by Gasteiger charge is 2.26. The minimum absolute atomic E-state index is 0.0162. The molecular weight excluding hydrogens is 574 g/mol. The lowest BCUT2D eigenvalue weighted by Gasteiger charge is -2.32. The molecule has 3 heterocycles. The van der Waals surface area contributed by atoms with Gasteiger partial charge in [0.05, 0.1) is 23.9 Å². The van der Waals surface area contributed by atoms with Crippen LogP contribution in [0.25, 0.3) is 5.82 Å². The number of hydrogen-bond donors (Lipinski definition) is 2. The molecule has 230 valence electrons. The molecule has 17 heteroatoms. The largest absolute Gasteiger partial charge is 0.496 e. The van der Waals surface area contributed by atoms with Crippen LogP contribution in [0.2, 0.25) is 0 Å². The smallest absolute Gasteiger partial charge is 0.293 e. The van der Waals surface area contributed by atoms with E-state index in [1.807, 2.05) is 0 Å². The van der Waals surface area contributed by atoms with Gasteiger partial charge in [0.25, 0.3) is 11.6 Å². The highest BCUT2D eigenvalue weighted by atomic mass is 16.6. The number of aromatic nitrogens is 5. The van der Waals surface area contributed by atoms with Crippen LogP contribution in [0, 0.1) is 17.0 Å². The molecule has 1 amide bonds. The number of amides is 1. The molecule has 1 fully saturated rings. The highest BCUT2D eigenvalue weighted by Crippen LogP contribution is 2.26. The predicted octanol–water partition coefficient (Wildman–Crippen LogP) is 1.55. The summed E-state index contributed by atoms with van der Waals surface area (Å²) in [7, 11) is 3.60. The molecule has 1 saturated heterocycles. The second kappa shape index (κ2) is 13.3. The van der Waals surface area contributed by atoms with Crippen LogP contribution in [0.15, 0.2) is 46.1 Å². The number of carbonyl (C=O) groups is 1. The summed E-state index contributed by atoms with van der Waals surface area (Å²) in [5.74, 6) is 0.641. The van der Waals surface area contributed by atoms with Gasteiger partial charge in [0.15, 0.2) is 5.69 Å². The van der Waals surface area contributed by atoms with E-state index in [0.717, 1.165) is 26.2 Å². The second-order valence-electron chi connectivity index (χ2n) is 10.1. The molecule has 4 aromatic rings. The average Bonchev–Trinajstić information content (AvgIpc) is 3.62. The number of hydrogen-bond acceptors (Lipinski definition) is 14. The lowest BCUT2D eigenvalue weighted by Crippen LogP contribution is -2.44. The summed E-state index contributed by atoms with van der Waals surface area (Å²) < 4.78 is 17.4. The number of anilines is 1. The van der Waals surface area contributed by atoms with Crippen molar-refractivity contribution in [3.05, 3.63) is 74.6 Å². The Balaban J connectivity index is 1.29. The van der Waals surface area contributed by atoms with Crippen LogP contribution in [0.5, 0.6) is 11.5 Å². The first kappa shape index (κ1) is 30.1. The summed E-state index contributed by atoms with van der Waals surface area (Å²) in [6.45, 7) is 5.49. The number of piperazine rings is 1. The molecule has 2 aromatic carbocycles. The Morgan fingerprint density at radius 2 is 2.00 bits per heavy atom. The van der Waals surface area contributed by atoms with Crippen LogP contribution in [0.4, 0.5) is 11.5 Å². The molecule has 0 bridgehead atoms. The van der Waals surface area contributed by atoms with Crippen molar-refractivity contribution in [2.75, 3.05) is 46.1 Å². The van der Waals surface area contributed by atoms with Gasteiger partial charge >= 0.3 is 0 Å². The van der Waals surface area contributed by atoms with Crippen molar-refractivity contribution in [2.45, 2.75) is 20.1 Å². The first-order valence-corrected chi connectivity index (χ1v) is 13.6. The molecule has 0 spiro atoms. The van der Waals surface area contributed by atoms with Crippen LogP contribution in [-0.2, 0) is 13.2 Å². The van der Waals surface area contributed by atoms with Crippen molar-refractivity contribution in [3.63, 3.8) is 0 Å². The first-order valence-electron chi connectivity index (χ1n) is 13.6. The lowest BCUT2D eigenvalue weighted by molar-refractivity contribution is -0.385. The number of nitro benzene ring substituents is 1. The predicted molar refractivity (Wildman–Crippen MR) is 157 cm³/mol. The maximum absolute atomic E-state index is 13.2. The molecule has 2 aromatic heterocycles. The van der Waals surface area contributed by atoms with Gasteiger partial charge in [-0.2, -0.15) is 9.78 Å². The van der Waals surface area contributed by atoms with Gasteiger partial charge < -0.3 is 20.1 Å². The highest BCUT2D eigenvalue weighted by molar-refractivity contribution is 5.94. The summed E-state index contributed by atoms with van der Waals surface area (Å²) in [4.78, 5) is 28.3. The van der Waals surface area contributed by atoms with Crippen LogP contribution in [-0.4, -0.2) is 92.5 Å². The number of nitro groups is 1. The molecule has 3 N–H and O–H groups in total. The first-order chi connectivity index (χ1) is 21.2. The molecule has 17 nitrogen and oxygen atoms in total. The van der Waals surface area contributed by atoms with Gasteiger partial charge in [-0.15, -0.1) is 5.10 Å². The zero-order valence-corrected chi connectivity index (χ0v) is 24.3. The third kappa shape index (κ3) is 6.79. The van der Waals surface area contributed by atoms with Gasteiger partial charge in [0.1, 0.15) is 18.1 Å². The maximum Gasteiger partial charge on any atom is 0.293 e. The SMILES string of the molecule is COc1ccc(/C=N/NC(=O)c2nnn(-c3nonc3N)c2CN2CCN(C)CC2)cc1COc1ccc([N+](=O)[O-])c(C)c1. The quantitative estimate of drug-likeness (QED) is 0.142. The molecule has 0 unspecified atom stereocenters. The van der Waals surface area contributed by atoms with Crippen LogP contribution in [0.1, 0.15) is 32.9 Å². The van der Waals surface area contributed by atoms with Crippen LogP contribution >= 0.6 is 0 Å². The van der Waals surface area contributed by atoms with E-state index in [4.69, 9.17) is 19.8 Å². The van der Waals surface area contributed by atoms with E-state index >= 15 is 0 Å². The Morgan fingerprint density at radius 1 is 1.20 bits per heavy atom. The minimum atomic E-state index is -0.572. The number of nitrogens with zero attached hydrogens (tertiary/aromatic N) is 9. The number of likely N-dealkylation sites (N-methyl/N-ethyl adjacent to an activating group) is 1. The fraction of sp³-hybridized carbons (Fsp3) is 0.333. The van der Waals surface area contributed by atoms with Gasteiger partial charge in [-0.05, 0) is 60.2 Å². The van der Waals surface area contributed by atoms with E-state index in [1.54, 1.807) is 44.4 Å². The summed E-state index contributed by atoms with van der Waals surface area (Å²) in [6, 6.07) is 9.86. The zero-order chi connectivity index (χ0) is 31.2. The van der Waals surface area contributed by atoms with Crippen molar-refractivity contribution < 1.29 is 23.8 Å². The summed E-state index contributed by atoms with van der Waals surface area (Å²) in [5.41, 5.74) is 10.8. The number of aryl methyl sites for hydroxylation is 1. The Kier molecular flexibility index (Phi) is 9.06. The summed E-state index contributed by atoms with van der Waals surface area (Å²) in [5, 5.41) is 30.8. The van der Waals surface area contributed by atoms with Gasteiger partial charge in [-0.3, -0.25) is 19.8 Å². The number of carbonyl (C=O) groups excluding carboxylic acids is 1. The third-order valence-electron chi connectivity index (χ3n) is 7.09. The fourth-order valence-corrected chi connectivity index (χ4v) is 4.64. The van der Waals surface area contributed by atoms with E-state index in [9.17, 15) is 14.9 Å². The fourth-order valence-electron chi connectivity index (χ4n) is 4.64. The standard InChI is InChI=1S/C27H31N11O6/c1-17-12-20(5-6-21(17)38(40)41)43-16-19-13-18(4-7-23(19)42-3)14-29-31-27(39)24-22(15-36-10-8-35(2)9-11-36)37(34-30-24)26-25(28)32-44-33-26/h4-7,12-14H,8-11,15-16H2,1-3H3,(H2,28,32)(H,31,39)/b29-14+. The number of nitrogens with one attached hydrogen (secondary N) is 1. The van der Waals surface area contributed by atoms with E-state index in [0.29, 0.717) is 40.4 Å². The van der Waals surface area contributed by atoms with E-state index in [-0.39, 0.29) is 29.6 Å². The second-order valence-corrected chi connectivity index (χ2v) is 10.1. The van der Waals surface area contributed by atoms with Gasteiger partial charge in [0, 0.05) is 49.9 Å². The van der Waals surface area contributed by atoms with Crippen molar-refractivity contribution >= 4 is 23.6 Å². The molecule has 0 radical (unpaired) electrons. The summed E-state index contributed by atoms with van der Waals surface area (Å²) >= 11 is 0. The van der Waals surface area contributed by atoms with E-state index in [2.05, 4.69) is 48.0 Å². The van der Waals surface area contributed by atoms with Crippen molar-refractivity contribution in [2.24, 2.45) is 5.10 Å². The number of ether oxygens (including phenoxy) is 2. The van der Waals surface area contributed by atoms with Crippen molar-refractivity contribution in [3.8, 4) is 17.3 Å². The van der Waals surface area contributed by atoms with Gasteiger partial charge in [-0.1, -0.05) is 5.21 Å². The number of benzene rings is 2. The number of methoxy groups -OCH3 is 1. The number of rotatable bonds is 11. The third-order valence-corrected chi connectivity index (χ3v) is 7.09. The monoisotopic (exact) mass is 605 g/mol. The molecule has 0 saturated carbocycles. The van der Waals surface area contributed by atoms with Crippen LogP contribution in [0.3, 0.4) is 0 Å². The number of hydrazone groups is 1. The van der Waals surface area contributed by atoms with Crippen molar-refractivity contribution in [1.29, 1.82) is 0 Å². The normalized spacial score (nSPS) is 14.2. The molecule has 5 rings (SSSR count). The van der Waals surface area contributed by atoms with Crippen molar-refractivity contribution in [1.82, 2.24) is 40.5 Å². The topological polar surface area (TPSA) is 205 Å². The summed E-state index contributed by atoms with van der Waals surface area (Å²) in [6.07, 6.45) is 1.47. The Labute approximate surface area is 251 Å². The number of nitrogen functional groups attached to an aromatic ring is 1. The van der Waals surface area contributed by atoms with Crippen LogP contribution < -0.4 is 20.6 Å². The van der Waals surface area contributed by atoms with Gasteiger partial charge in [0.2, 0.25) is 11.6 Å². The Hall–Kier alpha value is -5.42. The molecule has 1 aliphatic rings. The molecule has 0 atom stereocenters. The van der Waals surface area contributed by atoms with E-state index < -0.39 is 10.8 Å². The van der Waals surface area contributed by atoms with E-state index in [1.165, 1.54) is 17.0 Å². The van der Waals surface area contributed by atoms with Gasteiger partial charge in [-0.25, -0.2) is 10.1 Å². The number of nitrogens with two attached hydrogens (primary N) is 1. The lowest BCUT2D eigenvalue weighted by atomic mass is 10.1.